The second-order valence-electron chi connectivity index (χ2n) is 3.46. The van der Waals surface area contributed by atoms with Crippen LogP contribution in [0.2, 0.25) is 0 Å². The van der Waals surface area contributed by atoms with Gasteiger partial charge in [0.05, 0.1) is 11.9 Å². The lowest BCUT2D eigenvalue weighted by atomic mass is 10.2. The van der Waals surface area contributed by atoms with Crippen LogP contribution >= 0.6 is 0 Å². The molecule has 0 atom stereocenters. The molecule has 0 aliphatic carbocycles. The summed E-state index contributed by atoms with van der Waals surface area (Å²) in [7, 11) is 0. The summed E-state index contributed by atoms with van der Waals surface area (Å²) >= 11 is 0. The van der Waals surface area contributed by atoms with E-state index in [-0.39, 0.29) is 0 Å². The van der Waals surface area contributed by atoms with Crippen LogP contribution in [0.25, 0.3) is 0 Å². The highest BCUT2D eigenvalue weighted by atomic mass is 14.9. The maximum Gasteiger partial charge on any atom is 0.123 e. The van der Waals surface area contributed by atoms with E-state index in [4.69, 9.17) is 5.73 Å². The largest absolute Gasteiger partial charge is 0.384 e. The summed E-state index contributed by atoms with van der Waals surface area (Å²) in [6.45, 7) is 3.24. The Kier molecular flexibility index (Phi) is 4.83. The van der Waals surface area contributed by atoms with E-state index < -0.39 is 0 Å². The van der Waals surface area contributed by atoms with Crippen LogP contribution in [0.4, 0.5) is 11.5 Å². The molecule has 0 radical (unpaired) electrons. The third kappa shape index (κ3) is 4.12. The molecule has 3 nitrogen and oxygen atoms in total. The zero-order valence-corrected chi connectivity index (χ0v) is 8.79. The fourth-order valence-electron chi connectivity index (χ4n) is 1.29. The molecule has 0 aliphatic heterocycles. The molecule has 78 valence electrons. The molecule has 1 rings (SSSR count). The monoisotopic (exact) mass is 193 g/mol. The molecule has 0 saturated heterocycles. The van der Waals surface area contributed by atoms with E-state index in [1.54, 1.807) is 6.20 Å². The molecule has 0 fully saturated rings. The SMILES string of the molecule is CCCCCCNc1ccc(N)nc1. The van der Waals surface area contributed by atoms with Gasteiger partial charge in [0.1, 0.15) is 5.82 Å². The van der Waals surface area contributed by atoms with Gasteiger partial charge in [-0.3, -0.25) is 0 Å². The zero-order chi connectivity index (χ0) is 10.2. The highest BCUT2D eigenvalue weighted by Gasteiger charge is 1.92. The van der Waals surface area contributed by atoms with Crippen molar-refractivity contribution >= 4 is 11.5 Å². The van der Waals surface area contributed by atoms with Gasteiger partial charge in [-0.1, -0.05) is 26.2 Å². The Morgan fingerprint density at radius 3 is 2.79 bits per heavy atom. The van der Waals surface area contributed by atoms with Gasteiger partial charge in [-0.15, -0.1) is 0 Å². The van der Waals surface area contributed by atoms with Crippen molar-refractivity contribution in [2.45, 2.75) is 32.6 Å². The fraction of sp³-hybridized carbons (Fsp3) is 0.545. The molecular formula is C11H19N3. The van der Waals surface area contributed by atoms with Crippen molar-refractivity contribution in [3.63, 3.8) is 0 Å². The molecule has 3 heteroatoms. The van der Waals surface area contributed by atoms with E-state index in [9.17, 15) is 0 Å². The number of unbranched alkanes of at least 4 members (excludes halogenated alkanes) is 3. The first-order chi connectivity index (χ1) is 6.83. The van der Waals surface area contributed by atoms with Crippen LogP contribution in [-0.2, 0) is 0 Å². The first-order valence-corrected chi connectivity index (χ1v) is 5.28. The van der Waals surface area contributed by atoms with Crippen molar-refractivity contribution in [2.24, 2.45) is 0 Å². The first-order valence-electron chi connectivity index (χ1n) is 5.28. The van der Waals surface area contributed by atoms with Gasteiger partial charge in [0, 0.05) is 6.54 Å². The van der Waals surface area contributed by atoms with E-state index in [1.165, 1.54) is 25.7 Å². The van der Waals surface area contributed by atoms with Gasteiger partial charge in [-0.25, -0.2) is 4.98 Å². The van der Waals surface area contributed by atoms with E-state index >= 15 is 0 Å². The van der Waals surface area contributed by atoms with Crippen LogP contribution in [0.3, 0.4) is 0 Å². The molecular weight excluding hydrogens is 174 g/mol. The molecule has 0 saturated carbocycles. The van der Waals surface area contributed by atoms with Crippen molar-refractivity contribution in [3.05, 3.63) is 18.3 Å². The Labute approximate surface area is 85.7 Å². The van der Waals surface area contributed by atoms with Gasteiger partial charge in [0.25, 0.3) is 0 Å². The van der Waals surface area contributed by atoms with Gasteiger partial charge < -0.3 is 11.1 Å². The Morgan fingerprint density at radius 2 is 2.14 bits per heavy atom. The number of pyridine rings is 1. The molecule has 0 amide bonds. The third-order valence-electron chi connectivity index (χ3n) is 2.15. The molecule has 1 aromatic rings. The molecule has 0 aromatic carbocycles. The number of nitrogens with one attached hydrogen (secondary N) is 1. The smallest absolute Gasteiger partial charge is 0.123 e. The number of nitrogens with two attached hydrogens (primary N) is 1. The maximum absolute atomic E-state index is 5.48. The molecule has 0 spiro atoms. The second-order valence-corrected chi connectivity index (χ2v) is 3.46. The normalized spacial score (nSPS) is 10.1. The quantitative estimate of drug-likeness (QED) is 0.683. The molecule has 1 heterocycles. The number of hydrogen-bond acceptors (Lipinski definition) is 3. The van der Waals surface area contributed by atoms with Crippen molar-refractivity contribution in [1.82, 2.24) is 4.98 Å². The summed E-state index contributed by atoms with van der Waals surface area (Å²) in [5, 5.41) is 3.31. The number of nitrogen functional groups attached to an aromatic ring is 1. The minimum Gasteiger partial charge on any atom is -0.384 e. The van der Waals surface area contributed by atoms with Crippen LogP contribution in [0.15, 0.2) is 18.3 Å². The lowest BCUT2D eigenvalue weighted by molar-refractivity contribution is 0.685. The average molecular weight is 193 g/mol. The Hall–Kier alpha value is -1.25. The predicted molar refractivity (Wildman–Crippen MR) is 61.3 cm³/mol. The Bertz CT molecular complexity index is 243. The number of rotatable bonds is 6. The minimum atomic E-state index is 0.571. The lowest BCUT2D eigenvalue weighted by Gasteiger charge is -2.05. The molecule has 0 unspecified atom stereocenters. The van der Waals surface area contributed by atoms with E-state index in [0.29, 0.717) is 5.82 Å². The van der Waals surface area contributed by atoms with Crippen LogP contribution in [0, 0.1) is 0 Å². The standard InChI is InChI=1S/C11H19N3/c1-2-3-4-5-8-13-10-6-7-11(12)14-9-10/h6-7,9,13H,2-5,8H2,1H3,(H2,12,14). The van der Waals surface area contributed by atoms with Crippen molar-refractivity contribution in [1.29, 1.82) is 0 Å². The first kappa shape index (κ1) is 10.8. The van der Waals surface area contributed by atoms with Crippen LogP contribution in [0.1, 0.15) is 32.6 Å². The predicted octanol–water partition coefficient (Wildman–Crippen LogP) is 2.66. The molecule has 0 aliphatic rings. The van der Waals surface area contributed by atoms with Crippen molar-refractivity contribution in [3.8, 4) is 0 Å². The summed E-state index contributed by atoms with van der Waals surface area (Å²) in [5.41, 5.74) is 6.53. The molecule has 0 bridgehead atoms. The van der Waals surface area contributed by atoms with Crippen LogP contribution in [-0.4, -0.2) is 11.5 Å². The highest BCUT2D eigenvalue weighted by Crippen LogP contribution is 2.07. The van der Waals surface area contributed by atoms with Gasteiger partial charge >= 0.3 is 0 Å². The average Bonchev–Trinajstić information content (AvgIpc) is 2.21. The maximum atomic E-state index is 5.48. The summed E-state index contributed by atoms with van der Waals surface area (Å²) < 4.78 is 0. The summed E-state index contributed by atoms with van der Waals surface area (Å²) in [5.74, 6) is 0.571. The van der Waals surface area contributed by atoms with Crippen molar-refractivity contribution < 1.29 is 0 Å². The van der Waals surface area contributed by atoms with Crippen LogP contribution in [0.5, 0.6) is 0 Å². The van der Waals surface area contributed by atoms with E-state index in [2.05, 4.69) is 17.2 Å². The minimum absolute atomic E-state index is 0.571. The zero-order valence-electron chi connectivity index (χ0n) is 8.79. The van der Waals surface area contributed by atoms with Gasteiger partial charge in [0.15, 0.2) is 0 Å². The van der Waals surface area contributed by atoms with Crippen molar-refractivity contribution in [2.75, 3.05) is 17.6 Å². The van der Waals surface area contributed by atoms with Gasteiger partial charge in [0.2, 0.25) is 0 Å². The lowest BCUT2D eigenvalue weighted by Crippen LogP contribution is -2.02. The summed E-state index contributed by atoms with van der Waals surface area (Å²) in [6.07, 6.45) is 6.89. The topological polar surface area (TPSA) is 50.9 Å². The number of anilines is 2. The molecule has 1 aromatic heterocycles. The Balaban J connectivity index is 2.15. The number of hydrogen-bond donors (Lipinski definition) is 2. The molecule has 3 N–H and O–H groups in total. The van der Waals surface area contributed by atoms with E-state index in [1.807, 2.05) is 12.1 Å². The fourth-order valence-corrected chi connectivity index (χ4v) is 1.29. The third-order valence-corrected chi connectivity index (χ3v) is 2.15. The second kappa shape index (κ2) is 6.24. The number of nitrogens with zero attached hydrogens (tertiary/aromatic N) is 1. The Morgan fingerprint density at radius 1 is 1.29 bits per heavy atom. The van der Waals surface area contributed by atoms with E-state index in [0.717, 1.165) is 12.2 Å². The van der Waals surface area contributed by atoms with Gasteiger partial charge in [-0.05, 0) is 18.6 Å². The highest BCUT2D eigenvalue weighted by molar-refractivity contribution is 5.45. The van der Waals surface area contributed by atoms with Crippen LogP contribution < -0.4 is 11.1 Å². The summed E-state index contributed by atoms with van der Waals surface area (Å²) in [6, 6.07) is 3.77. The molecule has 14 heavy (non-hydrogen) atoms. The summed E-state index contributed by atoms with van der Waals surface area (Å²) in [4.78, 5) is 4.01. The van der Waals surface area contributed by atoms with Gasteiger partial charge in [-0.2, -0.15) is 0 Å². The number of aromatic nitrogens is 1.